The van der Waals surface area contributed by atoms with Gasteiger partial charge >= 0.3 is 6.61 Å². The summed E-state index contributed by atoms with van der Waals surface area (Å²) < 4.78 is 29.3. The third kappa shape index (κ3) is 7.00. The van der Waals surface area contributed by atoms with E-state index >= 15 is 0 Å². The van der Waals surface area contributed by atoms with E-state index in [0.29, 0.717) is 18.1 Å². The Kier molecular flexibility index (Phi) is 9.62. The zero-order valence-corrected chi connectivity index (χ0v) is 16.3. The van der Waals surface area contributed by atoms with Crippen LogP contribution in [0, 0.1) is 0 Å². The minimum absolute atomic E-state index is 0. The van der Waals surface area contributed by atoms with Crippen molar-refractivity contribution in [1.82, 2.24) is 10.6 Å². The van der Waals surface area contributed by atoms with Crippen molar-refractivity contribution >= 4 is 41.3 Å². The standard InChI is InChI=1S/C16H19F2N3OS.HI/c1-19-16(20-9-8-13-6-4-10-23-13)21-11-12-5-2-3-7-14(12)22-15(17)18;/h2-7,10,15H,8-9,11H2,1H3,(H2,19,20,21);1H. The summed E-state index contributed by atoms with van der Waals surface area (Å²) in [7, 11) is 1.67. The number of benzene rings is 1. The van der Waals surface area contributed by atoms with Crippen LogP contribution in [0.25, 0.3) is 0 Å². The van der Waals surface area contributed by atoms with E-state index in [4.69, 9.17) is 0 Å². The minimum Gasteiger partial charge on any atom is -0.434 e. The van der Waals surface area contributed by atoms with Crippen LogP contribution in [0.2, 0.25) is 0 Å². The van der Waals surface area contributed by atoms with E-state index in [9.17, 15) is 8.78 Å². The number of para-hydroxylation sites is 1. The lowest BCUT2D eigenvalue weighted by atomic mass is 10.2. The van der Waals surface area contributed by atoms with Gasteiger partial charge in [0, 0.05) is 30.6 Å². The fourth-order valence-corrected chi connectivity index (χ4v) is 2.73. The smallest absolute Gasteiger partial charge is 0.387 e. The van der Waals surface area contributed by atoms with E-state index in [1.807, 2.05) is 11.4 Å². The van der Waals surface area contributed by atoms with Crippen LogP contribution in [-0.4, -0.2) is 26.2 Å². The van der Waals surface area contributed by atoms with E-state index in [1.54, 1.807) is 36.6 Å². The molecular formula is C16H20F2IN3OS. The largest absolute Gasteiger partial charge is 0.434 e. The molecular weight excluding hydrogens is 447 g/mol. The second kappa shape index (κ2) is 11.2. The first-order chi connectivity index (χ1) is 11.2. The normalized spacial score (nSPS) is 11.1. The topological polar surface area (TPSA) is 45.7 Å². The van der Waals surface area contributed by atoms with Crippen molar-refractivity contribution < 1.29 is 13.5 Å². The van der Waals surface area contributed by atoms with Gasteiger partial charge in [0.15, 0.2) is 5.96 Å². The highest BCUT2D eigenvalue weighted by atomic mass is 127. The Balaban J connectivity index is 0.00000288. The number of rotatable bonds is 7. The number of hydrogen-bond donors (Lipinski definition) is 2. The van der Waals surface area contributed by atoms with Crippen molar-refractivity contribution in [2.24, 2.45) is 4.99 Å². The highest BCUT2D eigenvalue weighted by Gasteiger charge is 2.09. The molecule has 2 rings (SSSR count). The Bertz CT molecular complexity index is 624. The molecule has 2 N–H and O–H groups in total. The first kappa shape index (κ1) is 20.6. The molecule has 0 spiro atoms. The lowest BCUT2D eigenvalue weighted by molar-refractivity contribution is -0.0504. The zero-order valence-electron chi connectivity index (χ0n) is 13.2. The molecule has 0 fully saturated rings. The Labute approximate surface area is 161 Å². The van der Waals surface area contributed by atoms with Crippen molar-refractivity contribution in [1.29, 1.82) is 0 Å². The van der Waals surface area contributed by atoms with Crippen LogP contribution in [0.15, 0.2) is 46.8 Å². The molecule has 0 amide bonds. The molecule has 1 aromatic carbocycles. The Hall–Kier alpha value is -1.42. The van der Waals surface area contributed by atoms with Crippen LogP contribution in [0.4, 0.5) is 8.78 Å². The van der Waals surface area contributed by atoms with Crippen molar-refractivity contribution in [2.75, 3.05) is 13.6 Å². The second-order valence-corrected chi connectivity index (χ2v) is 5.70. The predicted octanol–water partition coefficient (Wildman–Crippen LogP) is 3.88. The first-order valence-corrected chi connectivity index (χ1v) is 8.06. The molecule has 8 heteroatoms. The molecule has 4 nitrogen and oxygen atoms in total. The van der Waals surface area contributed by atoms with Crippen LogP contribution in [0.5, 0.6) is 5.75 Å². The third-order valence-corrected chi connectivity index (χ3v) is 4.04. The van der Waals surface area contributed by atoms with Gasteiger partial charge in [-0.1, -0.05) is 24.3 Å². The summed E-state index contributed by atoms with van der Waals surface area (Å²) in [5.41, 5.74) is 0.647. The zero-order chi connectivity index (χ0) is 16.5. The maximum Gasteiger partial charge on any atom is 0.387 e. The average molecular weight is 467 g/mol. The number of halogens is 3. The number of nitrogens with one attached hydrogen (secondary N) is 2. The molecule has 0 aliphatic heterocycles. The van der Waals surface area contributed by atoms with Gasteiger partial charge in [-0.15, -0.1) is 35.3 Å². The molecule has 0 aliphatic carbocycles. The quantitative estimate of drug-likeness (QED) is 0.369. The van der Waals surface area contributed by atoms with Gasteiger partial charge in [0.1, 0.15) is 5.75 Å². The number of aliphatic imine (C=N–C) groups is 1. The molecule has 0 saturated carbocycles. The minimum atomic E-state index is -2.83. The van der Waals surface area contributed by atoms with Gasteiger partial charge in [-0.3, -0.25) is 4.99 Å². The molecule has 0 saturated heterocycles. The Morgan fingerprint density at radius 2 is 2.00 bits per heavy atom. The number of hydrogen-bond acceptors (Lipinski definition) is 3. The van der Waals surface area contributed by atoms with Gasteiger partial charge in [0.05, 0.1) is 0 Å². The number of guanidine groups is 1. The summed E-state index contributed by atoms with van der Waals surface area (Å²) >= 11 is 1.71. The van der Waals surface area contributed by atoms with Gasteiger partial charge in [-0.2, -0.15) is 8.78 Å². The summed E-state index contributed by atoms with van der Waals surface area (Å²) in [5, 5.41) is 8.34. The van der Waals surface area contributed by atoms with Crippen molar-refractivity contribution in [3.63, 3.8) is 0 Å². The van der Waals surface area contributed by atoms with Crippen molar-refractivity contribution in [2.45, 2.75) is 19.6 Å². The fraction of sp³-hybridized carbons (Fsp3) is 0.312. The van der Waals surface area contributed by atoms with Crippen molar-refractivity contribution in [3.8, 4) is 5.75 Å². The second-order valence-electron chi connectivity index (χ2n) is 4.67. The average Bonchev–Trinajstić information content (AvgIpc) is 3.05. The lowest BCUT2D eigenvalue weighted by Gasteiger charge is -2.14. The predicted molar refractivity (Wildman–Crippen MR) is 105 cm³/mol. The lowest BCUT2D eigenvalue weighted by Crippen LogP contribution is -2.37. The van der Waals surface area contributed by atoms with E-state index in [0.717, 1.165) is 13.0 Å². The SMILES string of the molecule is CN=C(NCCc1cccs1)NCc1ccccc1OC(F)F.I. The maximum absolute atomic E-state index is 12.4. The van der Waals surface area contributed by atoms with E-state index in [2.05, 4.69) is 26.4 Å². The van der Waals surface area contributed by atoms with Gasteiger partial charge in [-0.25, -0.2) is 0 Å². The van der Waals surface area contributed by atoms with Gasteiger partial charge < -0.3 is 15.4 Å². The van der Waals surface area contributed by atoms with Crippen LogP contribution in [0.1, 0.15) is 10.4 Å². The summed E-state index contributed by atoms with van der Waals surface area (Å²) in [6.45, 7) is -1.74. The van der Waals surface area contributed by atoms with Crippen LogP contribution in [0.3, 0.4) is 0 Å². The number of alkyl halides is 2. The molecule has 0 bridgehead atoms. The highest BCUT2D eigenvalue weighted by Crippen LogP contribution is 2.19. The molecule has 0 aliphatic rings. The molecule has 0 atom stereocenters. The molecule has 1 heterocycles. The van der Waals surface area contributed by atoms with Crippen LogP contribution >= 0.6 is 35.3 Å². The van der Waals surface area contributed by atoms with Crippen LogP contribution < -0.4 is 15.4 Å². The van der Waals surface area contributed by atoms with E-state index in [1.165, 1.54) is 10.9 Å². The maximum atomic E-state index is 12.4. The molecule has 0 unspecified atom stereocenters. The molecule has 1 aromatic heterocycles. The Morgan fingerprint density at radius 1 is 1.21 bits per heavy atom. The third-order valence-electron chi connectivity index (χ3n) is 3.10. The van der Waals surface area contributed by atoms with Crippen LogP contribution in [-0.2, 0) is 13.0 Å². The summed E-state index contributed by atoms with van der Waals surface area (Å²) in [4.78, 5) is 5.42. The highest BCUT2D eigenvalue weighted by molar-refractivity contribution is 14.0. The fourth-order valence-electron chi connectivity index (χ4n) is 2.02. The summed E-state index contributed by atoms with van der Waals surface area (Å²) in [6.07, 6.45) is 0.906. The summed E-state index contributed by atoms with van der Waals surface area (Å²) in [5.74, 6) is 0.789. The summed E-state index contributed by atoms with van der Waals surface area (Å²) in [6, 6.07) is 10.8. The first-order valence-electron chi connectivity index (χ1n) is 7.18. The number of ether oxygens (including phenoxy) is 1. The number of nitrogens with zero attached hydrogens (tertiary/aromatic N) is 1. The monoisotopic (exact) mass is 467 g/mol. The van der Waals surface area contributed by atoms with Crippen molar-refractivity contribution in [3.05, 3.63) is 52.2 Å². The van der Waals surface area contributed by atoms with E-state index in [-0.39, 0.29) is 29.7 Å². The molecule has 2 aromatic rings. The van der Waals surface area contributed by atoms with Gasteiger partial charge in [0.25, 0.3) is 0 Å². The Morgan fingerprint density at radius 3 is 2.67 bits per heavy atom. The molecule has 0 radical (unpaired) electrons. The van der Waals surface area contributed by atoms with Gasteiger partial charge in [-0.05, 0) is 23.9 Å². The number of thiophene rings is 1. The molecule has 132 valence electrons. The van der Waals surface area contributed by atoms with Gasteiger partial charge in [0.2, 0.25) is 0 Å². The van der Waals surface area contributed by atoms with E-state index < -0.39 is 6.61 Å². The molecule has 24 heavy (non-hydrogen) atoms.